The maximum Gasteiger partial charge on any atom is 0.573 e. The standard InChI is InChI=1S/C23H25F3N2O3/c24-23(25,26)31-18-6-4-16(5-7-18)17-9-13-28(14-10-17)22(29)11-15-30-21-3-1-2-20-19(21)8-12-27-20/h1-8,12,17,22,27,29H,9-11,13-15H2. The SMILES string of the molecule is OC(CCOc1cccc2[nH]ccc12)N1CCC(c2ccc(OC(F)(F)F)cc2)CC1. The average Bonchev–Trinajstić information content (AvgIpc) is 3.23. The second-order valence-electron chi connectivity index (χ2n) is 7.74. The molecule has 1 saturated heterocycles. The molecule has 31 heavy (non-hydrogen) atoms. The average molecular weight is 434 g/mol. The van der Waals surface area contributed by atoms with E-state index >= 15 is 0 Å². The van der Waals surface area contributed by atoms with Gasteiger partial charge in [-0.05, 0) is 54.7 Å². The number of aliphatic hydroxyl groups excluding tert-OH is 1. The van der Waals surface area contributed by atoms with E-state index in [1.807, 2.05) is 35.4 Å². The molecule has 0 amide bonds. The van der Waals surface area contributed by atoms with Gasteiger partial charge in [0.1, 0.15) is 17.7 Å². The van der Waals surface area contributed by atoms with E-state index in [9.17, 15) is 18.3 Å². The molecule has 0 radical (unpaired) electrons. The van der Waals surface area contributed by atoms with Crippen LogP contribution in [0.15, 0.2) is 54.7 Å². The zero-order valence-corrected chi connectivity index (χ0v) is 16.9. The molecule has 1 aliphatic heterocycles. The first-order chi connectivity index (χ1) is 14.9. The molecular formula is C23H25F3N2O3. The van der Waals surface area contributed by atoms with Crippen LogP contribution in [0.4, 0.5) is 13.2 Å². The van der Waals surface area contributed by atoms with Gasteiger partial charge in [-0.2, -0.15) is 0 Å². The lowest BCUT2D eigenvalue weighted by Crippen LogP contribution is -2.41. The van der Waals surface area contributed by atoms with Crippen LogP contribution in [0.5, 0.6) is 11.5 Å². The van der Waals surface area contributed by atoms with Crippen LogP contribution >= 0.6 is 0 Å². The number of nitrogens with one attached hydrogen (secondary N) is 1. The van der Waals surface area contributed by atoms with Crippen molar-refractivity contribution in [1.82, 2.24) is 9.88 Å². The molecule has 1 aromatic heterocycles. The lowest BCUT2D eigenvalue weighted by molar-refractivity contribution is -0.274. The number of aromatic nitrogens is 1. The summed E-state index contributed by atoms with van der Waals surface area (Å²) in [5, 5.41) is 11.6. The van der Waals surface area contributed by atoms with Crippen LogP contribution in [-0.2, 0) is 0 Å². The normalized spacial score (nSPS) is 17.0. The first-order valence-corrected chi connectivity index (χ1v) is 10.4. The molecule has 0 spiro atoms. The zero-order chi connectivity index (χ0) is 21.8. The molecule has 8 heteroatoms. The van der Waals surface area contributed by atoms with E-state index < -0.39 is 12.6 Å². The van der Waals surface area contributed by atoms with Crippen molar-refractivity contribution >= 4 is 10.9 Å². The molecule has 3 aromatic rings. The van der Waals surface area contributed by atoms with Crippen LogP contribution in [-0.4, -0.2) is 47.3 Å². The third kappa shape index (κ3) is 5.51. The summed E-state index contributed by atoms with van der Waals surface area (Å²) < 4.78 is 46.7. The maximum absolute atomic E-state index is 12.3. The van der Waals surface area contributed by atoms with Gasteiger partial charge in [0.25, 0.3) is 0 Å². The Hall–Kier alpha value is -2.71. The Morgan fingerprint density at radius 2 is 1.81 bits per heavy atom. The molecule has 1 unspecified atom stereocenters. The Bertz CT molecular complexity index is 980. The first-order valence-electron chi connectivity index (χ1n) is 10.4. The number of likely N-dealkylation sites (tertiary alicyclic amines) is 1. The monoisotopic (exact) mass is 434 g/mol. The van der Waals surface area contributed by atoms with Gasteiger partial charge in [0, 0.05) is 36.6 Å². The van der Waals surface area contributed by atoms with Gasteiger partial charge < -0.3 is 19.6 Å². The molecular weight excluding hydrogens is 409 g/mol. The third-order valence-electron chi connectivity index (χ3n) is 5.72. The largest absolute Gasteiger partial charge is 0.573 e. The van der Waals surface area contributed by atoms with Crippen LogP contribution in [0.1, 0.15) is 30.7 Å². The van der Waals surface area contributed by atoms with E-state index in [1.165, 1.54) is 12.1 Å². The number of ether oxygens (including phenoxy) is 2. The Labute approximate surface area is 178 Å². The van der Waals surface area contributed by atoms with Gasteiger partial charge >= 0.3 is 6.36 Å². The molecule has 0 aliphatic carbocycles. The molecule has 2 aromatic carbocycles. The molecule has 2 heterocycles. The highest BCUT2D eigenvalue weighted by atomic mass is 19.4. The summed E-state index contributed by atoms with van der Waals surface area (Å²) in [6.45, 7) is 1.85. The predicted molar refractivity (Wildman–Crippen MR) is 111 cm³/mol. The van der Waals surface area contributed by atoms with Gasteiger partial charge in [-0.1, -0.05) is 18.2 Å². The Kier molecular flexibility index (Phi) is 6.38. The molecule has 2 N–H and O–H groups in total. The minimum atomic E-state index is -4.68. The van der Waals surface area contributed by atoms with Crippen LogP contribution < -0.4 is 9.47 Å². The van der Waals surface area contributed by atoms with E-state index in [0.29, 0.717) is 13.0 Å². The third-order valence-corrected chi connectivity index (χ3v) is 5.72. The van der Waals surface area contributed by atoms with Crippen molar-refractivity contribution in [3.05, 3.63) is 60.3 Å². The number of aliphatic hydroxyl groups is 1. The van der Waals surface area contributed by atoms with Gasteiger partial charge in [-0.3, -0.25) is 4.90 Å². The number of halogens is 3. The highest BCUT2D eigenvalue weighted by molar-refractivity contribution is 5.85. The lowest BCUT2D eigenvalue weighted by Gasteiger charge is -2.35. The van der Waals surface area contributed by atoms with Crippen molar-refractivity contribution in [3.63, 3.8) is 0 Å². The quantitative estimate of drug-likeness (QED) is 0.548. The van der Waals surface area contributed by atoms with E-state index in [2.05, 4.69) is 9.72 Å². The summed E-state index contributed by atoms with van der Waals surface area (Å²) in [6, 6.07) is 13.9. The Morgan fingerprint density at radius 3 is 2.52 bits per heavy atom. The smallest absolute Gasteiger partial charge is 0.493 e. The zero-order valence-electron chi connectivity index (χ0n) is 16.9. The number of fused-ring (bicyclic) bond motifs is 1. The molecule has 1 fully saturated rings. The number of H-pyrrole nitrogens is 1. The Morgan fingerprint density at radius 1 is 1.06 bits per heavy atom. The minimum absolute atomic E-state index is 0.209. The van der Waals surface area contributed by atoms with Crippen LogP contribution in [0.25, 0.3) is 10.9 Å². The van der Waals surface area contributed by atoms with Crippen LogP contribution in [0, 0.1) is 0 Å². The van der Waals surface area contributed by atoms with Crippen molar-refractivity contribution in [1.29, 1.82) is 0 Å². The fourth-order valence-corrected chi connectivity index (χ4v) is 4.11. The van der Waals surface area contributed by atoms with E-state index in [1.54, 1.807) is 12.1 Å². The van der Waals surface area contributed by atoms with Crippen molar-refractivity contribution in [2.45, 2.75) is 37.8 Å². The van der Waals surface area contributed by atoms with E-state index in [0.717, 1.165) is 48.1 Å². The molecule has 5 nitrogen and oxygen atoms in total. The Balaban J connectivity index is 1.23. The number of alkyl halides is 3. The maximum atomic E-state index is 12.3. The molecule has 1 atom stereocenters. The molecule has 0 bridgehead atoms. The molecule has 1 aliphatic rings. The van der Waals surface area contributed by atoms with Crippen LogP contribution in [0.2, 0.25) is 0 Å². The van der Waals surface area contributed by atoms with E-state index in [4.69, 9.17) is 4.74 Å². The number of piperidine rings is 1. The number of benzene rings is 2. The van der Waals surface area contributed by atoms with Crippen molar-refractivity contribution in [2.75, 3.05) is 19.7 Å². The number of rotatable bonds is 7. The van der Waals surface area contributed by atoms with Gasteiger partial charge in [0.2, 0.25) is 0 Å². The molecule has 4 rings (SSSR count). The number of aromatic amines is 1. The van der Waals surface area contributed by atoms with Crippen molar-refractivity contribution < 1.29 is 27.8 Å². The minimum Gasteiger partial charge on any atom is -0.493 e. The highest BCUT2D eigenvalue weighted by Crippen LogP contribution is 2.31. The van der Waals surface area contributed by atoms with Gasteiger partial charge in [0.15, 0.2) is 0 Å². The first kappa shape index (κ1) is 21.5. The summed E-state index contributed by atoms with van der Waals surface area (Å²) in [5.41, 5.74) is 2.00. The fourth-order valence-electron chi connectivity index (χ4n) is 4.11. The summed E-state index contributed by atoms with van der Waals surface area (Å²) in [5.74, 6) is 0.841. The lowest BCUT2D eigenvalue weighted by atomic mass is 9.89. The molecule has 166 valence electrons. The summed E-state index contributed by atoms with van der Waals surface area (Å²) in [7, 11) is 0. The van der Waals surface area contributed by atoms with Crippen LogP contribution in [0.3, 0.4) is 0 Å². The number of nitrogens with zero attached hydrogens (tertiary/aromatic N) is 1. The number of hydrogen-bond acceptors (Lipinski definition) is 4. The van der Waals surface area contributed by atoms with Gasteiger partial charge in [0.05, 0.1) is 6.61 Å². The number of hydrogen-bond donors (Lipinski definition) is 2. The van der Waals surface area contributed by atoms with Crippen molar-refractivity contribution in [2.24, 2.45) is 0 Å². The van der Waals surface area contributed by atoms with Crippen molar-refractivity contribution in [3.8, 4) is 11.5 Å². The van der Waals surface area contributed by atoms with Gasteiger partial charge in [-0.15, -0.1) is 13.2 Å². The second kappa shape index (κ2) is 9.20. The topological polar surface area (TPSA) is 57.7 Å². The molecule has 0 saturated carbocycles. The summed E-state index contributed by atoms with van der Waals surface area (Å²) >= 11 is 0. The van der Waals surface area contributed by atoms with Gasteiger partial charge in [-0.25, -0.2) is 0 Å². The fraction of sp³-hybridized carbons (Fsp3) is 0.391. The summed E-state index contributed by atoms with van der Waals surface area (Å²) in [4.78, 5) is 5.17. The summed E-state index contributed by atoms with van der Waals surface area (Å²) in [6.07, 6.45) is -1.24. The second-order valence-corrected chi connectivity index (χ2v) is 7.74. The highest BCUT2D eigenvalue weighted by Gasteiger charge is 2.31. The predicted octanol–water partition coefficient (Wildman–Crippen LogP) is 5.03. The van der Waals surface area contributed by atoms with E-state index in [-0.39, 0.29) is 11.7 Å².